The van der Waals surface area contributed by atoms with E-state index in [0.717, 1.165) is 24.9 Å². The van der Waals surface area contributed by atoms with Crippen LogP contribution in [0.25, 0.3) is 0 Å². The number of hydrogen-bond acceptors (Lipinski definition) is 2. The lowest BCUT2D eigenvalue weighted by atomic mass is 10.1. The summed E-state index contributed by atoms with van der Waals surface area (Å²) in [5, 5.41) is 0. The van der Waals surface area contributed by atoms with Gasteiger partial charge in [0.1, 0.15) is 0 Å². The van der Waals surface area contributed by atoms with E-state index in [4.69, 9.17) is 0 Å². The van der Waals surface area contributed by atoms with Crippen LogP contribution in [-0.4, -0.2) is 30.7 Å². The normalized spacial score (nSPS) is 10.3. The highest BCUT2D eigenvalue weighted by Gasteiger charge is 2.08. The van der Waals surface area contributed by atoms with Crippen LogP contribution in [0.15, 0.2) is 29.2 Å². The third-order valence-corrected chi connectivity index (χ3v) is 3.53. The maximum absolute atomic E-state index is 11.9. The van der Waals surface area contributed by atoms with Crippen molar-refractivity contribution in [1.82, 2.24) is 4.90 Å². The molecule has 2 nitrogen and oxygen atoms in total. The molecule has 0 radical (unpaired) electrons. The topological polar surface area (TPSA) is 20.3 Å². The largest absolute Gasteiger partial charge is 0.345 e. The fourth-order valence-electron chi connectivity index (χ4n) is 1.57. The van der Waals surface area contributed by atoms with Crippen molar-refractivity contribution in [2.45, 2.75) is 31.1 Å². The van der Waals surface area contributed by atoms with E-state index in [0.29, 0.717) is 6.42 Å². The van der Waals surface area contributed by atoms with Crippen molar-refractivity contribution in [3.05, 3.63) is 29.8 Å². The van der Waals surface area contributed by atoms with Gasteiger partial charge in [0.05, 0.1) is 6.42 Å². The van der Waals surface area contributed by atoms with Crippen LogP contribution in [-0.2, 0) is 11.2 Å². The number of rotatable bonds is 6. The average molecular weight is 251 g/mol. The van der Waals surface area contributed by atoms with Gasteiger partial charge in [0, 0.05) is 18.5 Å². The zero-order valence-corrected chi connectivity index (χ0v) is 11.7. The molecule has 1 amide bonds. The van der Waals surface area contributed by atoms with E-state index in [2.05, 4.69) is 25.3 Å². The zero-order chi connectivity index (χ0) is 12.7. The summed E-state index contributed by atoms with van der Waals surface area (Å²) in [7, 11) is 1.88. The molecule has 0 spiro atoms. The third kappa shape index (κ3) is 4.82. The molecule has 17 heavy (non-hydrogen) atoms. The van der Waals surface area contributed by atoms with Crippen LogP contribution < -0.4 is 0 Å². The molecule has 0 aliphatic heterocycles. The minimum absolute atomic E-state index is 0.204. The monoisotopic (exact) mass is 251 g/mol. The van der Waals surface area contributed by atoms with Crippen LogP contribution >= 0.6 is 11.8 Å². The molecule has 0 saturated heterocycles. The number of carbonyl (C=O) groups is 1. The number of carbonyl (C=O) groups excluding carboxylic acids is 1. The molecule has 0 aliphatic rings. The van der Waals surface area contributed by atoms with Crippen LogP contribution in [0, 0.1) is 0 Å². The van der Waals surface area contributed by atoms with Crippen LogP contribution in [0.5, 0.6) is 0 Å². The second-order valence-electron chi connectivity index (χ2n) is 4.19. The Morgan fingerprint density at radius 1 is 1.29 bits per heavy atom. The van der Waals surface area contributed by atoms with E-state index in [1.165, 1.54) is 4.90 Å². The summed E-state index contributed by atoms with van der Waals surface area (Å²) in [4.78, 5) is 15.0. The summed E-state index contributed by atoms with van der Waals surface area (Å²) < 4.78 is 0. The summed E-state index contributed by atoms with van der Waals surface area (Å²) in [6.07, 6.45) is 4.77. The number of nitrogens with zero attached hydrogens (tertiary/aromatic N) is 1. The van der Waals surface area contributed by atoms with Crippen molar-refractivity contribution < 1.29 is 4.79 Å². The summed E-state index contributed by atoms with van der Waals surface area (Å²) in [6, 6.07) is 8.22. The van der Waals surface area contributed by atoms with Gasteiger partial charge < -0.3 is 4.90 Å². The Morgan fingerprint density at radius 3 is 2.47 bits per heavy atom. The van der Waals surface area contributed by atoms with E-state index in [9.17, 15) is 4.79 Å². The lowest BCUT2D eigenvalue weighted by Gasteiger charge is -2.16. The molecular weight excluding hydrogens is 230 g/mol. The number of hydrogen-bond donors (Lipinski definition) is 0. The molecule has 0 bridgehead atoms. The lowest BCUT2D eigenvalue weighted by molar-refractivity contribution is -0.129. The standard InChI is InChI=1S/C14H21NOS/c1-4-5-10-15(2)14(16)11-12-6-8-13(17-3)9-7-12/h6-9H,4-5,10-11H2,1-3H3. The highest BCUT2D eigenvalue weighted by Crippen LogP contribution is 2.15. The fraction of sp³-hybridized carbons (Fsp3) is 0.500. The van der Waals surface area contributed by atoms with Crippen LogP contribution in [0.1, 0.15) is 25.3 Å². The number of thioether (sulfide) groups is 1. The predicted molar refractivity (Wildman–Crippen MR) is 74.5 cm³/mol. The Bertz CT molecular complexity index is 348. The molecule has 3 heteroatoms. The molecule has 94 valence electrons. The van der Waals surface area contributed by atoms with Gasteiger partial charge in [-0.15, -0.1) is 11.8 Å². The number of amides is 1. The Labute approximate surface area is 108 Å². The highest BCUT2D eigenvalue weighted by molar-refractivity contribution is 7.98. The number of benzene rings is 1. The van der Waals surface area contributed by atoms with E-state index in [-0.39, 0.29) is 5.91 Å². The quantitative estimate of drug-likeness (QED) is 0.724. The Hall–Kier alpha value is -0.960. The van der Waals surface area contributed by atoms with Gasteiger partial charge in [0.15, 0.2) is 0 Å². The van der Waals surface area contributed by atoms with Crippen LogP contribution in [0.3, 0.4) is 0 Å². The van der Waals surface area contributed by atoms with Gasteiger partial charge in [-0.1, -0.05) is 25.5 Å². The molecule has 0 atom stereocenters. The molecule has 0 aromatic heterocycles. The minimum Gasteiger partial charge on any atom is -0.345 e. The summed E-state index contributed by atoms with van der Waals surface area (Å²) in [5.41, 5.74) is 1.09. The predicted octanol–water partition coefficient (Wildman–Crippen LogP) is 3.21. The van der Waals surface area contributed by atoms with Crippen molar-refractivity contribution in [3.63, 3.8) is 0 Å². The van der Waals surface area contributed by atoms with Gasteiger partial charge in [-0.25, -0.2) is 0 Å². The molecule has 1 aromatic rings. The molecule has 1 rings (SSSR count). The third-order valence-electron chi connectivity index (χ3n) is 2.79. The van der Waals surface area contributed by atoms with Gasteiger partial charge in [-0.3, -0.25) is 4.79 Å². The van der Waals surface area contributed by atoms with Crippen molar-refractivity contribution >= 4 is 17.7 Å². The van der Waals surface area contributed by atoms with Gasteiger partial charge in [-0.05, 0) is 30.4 Å². The van der Waals surface area contributed by atoms with Gasteiger partial charge in [0.25, 0.3) is 0 Å². The molecule has 0 saturated carbocycles. The summed E-state index contributed by atoms with van der Waals surface area (Å²) >= 11 is 1.72. The molecule has 0 heterocycles. The Morgan fingerprint density at radius 2 is 1.94 bits per heavy atom. The second-order valence-corrected chi connectivity index (χ2v) is 5.07. The van der Waals surface area contributed by atoms with Crippen molar-refractivity contribution in [1.29, 1.82) is 0 Å². The van der Waals surface area contributed by atoms with Crippen molar-refractivity contribution in [2.24, 2.45) is 0 Å². The van der Waals surface area contributed by atoms with E-state index in [1.54, 1.807) is 11.8 Å². The lowest BCUT2D eigenvalue weighted by Crippen LogP contribution is -2.29. The first-order valence-electron chi connectivity index (χ1n) is 6.04. The maximum atomic E-state index is 11.9. The van der Waals surface area contributed by atoms with E-state index in [1.807, 2.05) is 24.1 Å². The minimum atomic E-state index is 0.204. The van der Waals surface area contributed by atoms with Crippen molar-refractivity contribution in [3.8, 4) is 0 Å². The van der Waals surface area contributed by atoms with Gasteiger partial charge >= 0.3 is 0 Å². The molecular formula is C14H21NOS. The van der Waals surface area contributed by atoms with E-state index >= 15 is 0 Å². The number of unbranched alkanes of at least 4 members (excludes halogenated alkanes) is 1. The first-order chi connectivity index (χ1) is 8.17. The SMILES string of the molecule is CCCCN(C)C(=O)Cc1ccc(SC)cc1. The first-order valence-corrected chi connectivity index (χ1v) is 7.26. The van der Waals surface area contributed by atoms with E-state index < -0.39 is 0 Å². The molecule has 0 N–H and O–H groups in total. The van der Waals surface area contributed by atoms with Gasteiger partial charge in [0.2, 0.25) is 5.91 Å². The van der Waals surface area contributed by atoms with Crippen molar-refractivity contribution in [2.75, 3.05) is 19.8 Å². The van der Waals surface area contributed by atoms with Crippen LogP contribution in [0.2, 0.25) is 0 Å². The maximum Gasteiger partial charge on any atom is 0.226 e. The summed E-state index contributed by atoms with van der Waals surface area (Å²) in [5.74, 6) is 0.204. The molecule has 0 aliphatic carbocycles. The Balaban J connectivity index is 2.49. The second kappa shape index (κ2) is 7.38. The first kappa shape index (κ1) is 14.1. The molecule has 0 fully saturated rings. The zero-order valence-electron chi connectivity index (χ0n) is 10.9. The van der Waals surface area contributed by atoms with Gasteiger partial charge in [-0.2, -0.15) is 0 Å². The molecule has 0 unspecified atom stereocenters. The molecule has 1 aromatic carbocycles. The fourth-order valence-corrected chi connectivity index (χ4v) is 1.98. The smallest absolute Gasteiger partial charge is 0.226 e. The highest BCUT2D eigenvalue weighted by atomic mass is 32.2. The Kier molecular flexibility index (Phi) is 6.12. The number of likely N-dealkylation sites (N-methyl/N-ethyl adjacent to an activating group) is 1. The van der Waals surface area contributed by atoms with Crippen LogP contribution in [0.4, 0.5) is 0 Å². The summed E-state index contributed by atoms with van der Waals surface area (Å²) in [6.45, 7) is 3.00. The average Bonchev–Trinajstić information content (AvgIpc) is 2.36.